The summed E-state index contributed by atoms with van der Waals surface area (Å²) in [5.74, 6) is 0.229. The molecule has 4 rings (SSSR count). The Balaban J connectivity index is 1.59. The average molecular weight is 431 g/mol. The zero-order chi connectivity index (χ0) is 22.5. The molecule has 1 N–H and O–H groups in total. The lowest BCUT2D eigenvalue weighted by Crippen LogP contribution is -2.15. The number of nitrogens with zero attached hydrogens (tertiary/aromatic N) is 3. The van der Waals surface area contributed by atoms with Gasteiger partial charge in [-0.2, -0.15) is 4.73 Å². The molecule has 0 fully saturated rings. The third-order valence-corrected chi connectivity index (χ3v) is 5.25. The highest BCUT2D eigenvalue weighted by Gasteiger charge is 2.35. The molecule has 7 nitrogen and oxygen atoms in total. The summed E-state index contributed by atoms with van der Waals surface area (Å²) in [7, 11) is 1.64. The van der Waals surface area contributed by atoms with E-state index in [-0.39, 0.29) is 6.61 Å². The molecule has 0 bridgehead atoms. The summed E-state index contributed by atoms with van der Waals surface area (Å²) >= 11 is 0. The number of benzene rings is 2. The molecule has 1 aromatic heterocycles. The predicted octanol–water partition coefficient (Wildman–Crippen LogP) is 3.93. The van der Waals surface area contributed by atoms with Crippen LogP contribution in [0.4, 0.5) is 0 Å². The number of carbonyl (C=O) groups is 1. The summed E-state index contributed by atoms with van der Waals surface area (Å²) in [5.41, 5.74) is 4.76. The first-order chi connectivity index (χ1) is 15.6. The lowest BCUT2D eigenvalue weighted by atomic mass is 10.0. The maximum absolute atomic E-state index is 12.8. The zero-order valence-corrected chi connectivity index (χ0v) is 18.1. The maximum Gasteiger partial charge on any atom is 0.341 e. The zero-order valence-electron chi connectivity index (χ0n) is 18.1. The first-order valence-corrected chi connectivity index (χ1v) is 10.6. The minimum absolute atomic E-state index is 0.243. The van der Waals surface area contributed by atoms with Crippen LogP contribution in [-0.4, -0.2) is 46.9 Å². The Morgan fingerprint density at radius 2 is 1.97 bits per heavy atom. The van der Waals surface area contributed by atoms with E-state index in [1.807, 2.05) is 36.4 Å². The minimum atomic E-state index is -0.475. The Morgan fingerprint density at radius 3 is 2.66 bits per heavy atom. The molecule has 0 radical (unpaired) electrons. The second kappa shape index (κ2) is 9.51. The molecule has 164 valence electrons. The van der Waals surface area contributed by atoms with E-state index in [0.29, 0.717) is 34.9 Å². The number of aryl methyl sites for hydroxylation is 1. The lowest BCUT2D eigenvalue weighted by molar-refractivity contribution is -0.137. The molecule has 0 saturated carbocycles. The molecule has 1 aliphatic carbocycles. The smallest absolute Gasteiger partial charge is 0.341 e. The molecular formula is C25H25N3O4. The van der Waals surface area contributed by atoms with Gasteiger partial charge in [0, 0.05) is 18.2 Å². The number of esters is 1. The van der Waals surface area contributed by atoms with Crippen molar-refractivity contribution in [2.75, 3.05) is 20.3 Å². The van der Waals surface area contributed by atoms with E-state index in [4.69, 9.17) is 9.47 Å². The van der Waals surface area contributed by atoms with Gasteiger partial charge in [-0.3, -0.25) is 4.99 Å². The van der Waals surface area contributed by atoms with Crippen LogP contribution in [0.5, 0.6) is 5.75 Å². The number of ether oxygens (including phenoxy) is 2. The van der Waals surface area contributed by atoms with Gasteiger partial charge in [0.1, 0.15) is 12.1 Å². The summed E-state index contributed by atoms with van der Waals surface area (Å²) in [5, 5.41) is 9.72. The minimum Gasteiger partial charge on any atom is -0.494 e. The quantitative estimate of drug-likeness (QED) is 0.332. The standard InChI is InChI=1S/C25H25N3O4/c1-3-31-25(29)23-22(21-15-28(30)16-27-21)19-12-11-18(14-20(19)24(23)26-2)32-13-7-10-17-8-5-4-6-9-17/h4-6,8-9,11-12,14-16,30H,3,7,10,13H2,1-2H3/b26-24+. The van der Waals surface area contributed by atoms with Crippen LogP contribution in [0.25, 0.3) is 5.57 Å². The average Bonchev–Trinajstić information content (AvgIpc) is 3.37. The van der Waals surface area contributed by atoms with Gasteiger partial charge in [0.25, 0.3) is 0 Å². The molecule has 0 unspecified atom stereocenters. The number of hydrogen-bond donors (Lipinski definition) is 1. The molecule has 1 heterocycles. The van der Waals surface area contributed by atoms with Crippen LogP contribution >= 0.6 is 0 Å². The molecule has 0 saturated heterocycles. The van der Waals surface area contributed by atoms with Gasteiger partial charge in [-0.15, -0.1) is 0 Å². The highest BCUT2D eigenvalue weighted by atomic mass is 16.5. The van der Waals surface area contributed by atoms with Crippen LogP contribution < -0.4 is 4.74 Å². The van der Waals surface area contributed by atoms with E-state index in [9.17, 15) is 10.0 Å². The van der Waals surface area contributed by atoms with Gasteiger partial charge in [0.15, 0.2) is 0 Å². The van der Waals surface area contributed by atoms with Gasteiger partial charge in [-0.25, -0.2) is 9.78 Å². The maximum atomic E-state index is 12.8. The van der Waals surface area contributed by atoms with Crippen LogP contribution in [-0.2, 0) is 16.0 Å². The molecule has 32 heavy (non-hydrogen) atoms. The van der Waals surface area contributed by atoms with Crippen molar-refractivity contribution >= 4 is 17.3 Å². The van der Waals surface area contributed by atoms with Crippen LogP contribution in [0.1, 0.15) is 35.7 Å². The van der Waals surface area contributed by atoms with Gasteiger partial charge in [-0.1, -0.05) is 30.3 Å². The van der Waals surface area contributed by atoms with Crippen LogP contribution in [0.2, 0.25) is 0 Å². The Labute approximate surface area is 186 Å². The lowest BCUT2D eigenvalue weighted by Gasteiger charge is -2.09. The fourth-order valence-corrected chi connectivity index (χ4v) is 3.87. The Morgan fingerprint density at radius 1 is 1.16 bits per heavy atom. The van der Waals surface area contributed by atoms with E-state index in [1.165, 1.54) is 18.1 Å². The molecule has 0 amide bonds. The third kappa shape index (κ3) is 4.27. The molecule has 7 heteroatoms. The van der Waals surface area contributed by atoms with Crippen molar-refractivity contribution in [3.05, 3.63) is 89.0 Å². The largest absolute Gasteiger partial charge is 0.494 e. The van der Waals surface area contributed by atoms with Crippen LogP contribution in [0.15, 0.2) is 71.6 Å². The van der Waals surface area contributed by atoms with Crippen molar-refractivity contribution in [2.24, 2.45) is 4.99 Å². The SMILES string of the molecule is CCOC(=O)C1=C(c2cn(O)cn2)c2ccc(OCCCc3ccccc3)cc2/C1=N\C. The highest BCUT2D eigenvalue weighted by Crippen LogP contribution is 2.39. The van der Waals surface area contributed by atoms with E-state index in [2.05, 4.69) is 22.1 Å². The van der Waals surface area contributed by atoms with Gasteiger partial charge >= 0.3 is 5.97 Å². The summed E-state index contributed by atoms with van der Waals surface area (Å²) in [6.07, 6.45) is 4.55. The predicted molar refractivity (Wildman–Crippen MR) is 121 cm³/mol. The molecule has 3 aromatic rings. The van der Waals surface area contributed by atoms with E-state index in [0.717, 1.165) is 28.7 Å². The van der Waals surface area contributed by atoms with Crippen LogP contribution in [0, 0.1) is 0 Å². The van der Waals surface area contributed by atoms with Crippen molar-refractivity contribution in [3.8, 4) is 5.75 Å². The third-order valence-electron chi connectivity index (χ3n) is 5.25. The summed E-state index contributed by atoms with van der Waals surface area (Å²) in [6, 6.07) is 16.0. The number of carbonyl (C=O) groups excluding carboxylic acids is 1. The number of aliphatic imine (C=N–C) groups is 1. The van der Waals surface area contributed by atoms with E-state index >= 15 is 0 Å². The number of rotatable bonds is 8. The van der Waals surface area contributed by atoms with Gasteiger partial charge in [0.05, 0.1) is 36.4 Å². The number of hydrogen-bond acceptors (Lipinski definition) is 6. The monoisotopic (exact) mass is 431 g/mol. The van der Waals surface area contributed by atoms with E-state index in [1.54, 1.807) is 14.0 Å². The molecular weight excluding hydrogens is 406 g/mol. The number of fused-ring (bicyclic) bond motifs is 1. The summed E-state index contributed by atoms with van der Waals surface area (Å²) < 4.78 is 12.1. The van der Waals surface area contributed by atoms with Crippen molar-refractivity contribution in [2.45, 2.75) is 19.8 Å². The molecule has 2 aromatic carbocycles. The summed E-state index contributed by atoms with van der Waals surface area (Å²) in [6.45, 7) is 2.58. The normalized spacial score (nSPS) is 14.0. The van der Waals surface area contributed by atoms with Crippen molar-refractivity contribution in [1.29, 1.82) is 0 Å². The molecule has 1 aliphatic rings. The van der Waals surface area contributed by atoms with Gasteiger partial charge in [-0.05, 0) is 49.1 Å². The first kappa shape index (κ1) is 21.4. The Hall–Kier alpha value is -3.87. The fraction of sp³-hybridized carbons (Fsp3) is 0.240. The van der Waals surface area contributed by atoms with Gasteiger partial charge < -0.3 is 14.7 Å². The Kier molecular flexibility index (Phi) is 6.35. The second-order valence-electron chi connectivity index (χ2n) is 7.33. The molecule has 0 atom stereocenters. The number of imidazole rings is 1. The molecule has 0 aliphatic heterocycles. The van der Waals surface area contributed by atoms with Crippen LogP contribution in [0.3, 0.4) is 0 Å². The number of aromatic nitrogens is 2. The Bertz CT molecular complexity index is 1180. The van der Waals surface area contributed by atoms with E-state index < -0.39 is 5.97 Å². The second-order valence-corrected chi connectivity index (χ2v) is 7.33. The molecule has 0 spiro atoms. The van der Waals surface area contributed by atoms with Crippen molar-refractivity contribution in [1.82, 2.24) is 9.71 Å². The fourth-order valence-electron chi connectivity index (χ4n) is 3.87. The topological polar surface area (TPSA) is 85.9 Å². The van der Waals surface area contributed by atoms with Crippen molar-refractivity contribution in [3.63, 3.8) is 0 Å². The van der Waals surface area contributed by atoms with Gasteiger partial charge in [0.2, 0.25) is 0 Å². The highest BCUT2D eigenvalue weighted by molar-refractivity contribution is 6.37. The first-order valence-electron chi connectivity index (χ1n) is 10.6. The summed E-state index contributed by atoms with van der Waals surface area (Å²) in [4.78, 5) is 21.4. The van der Waals surface area contributed by atoms with Crippen molar-refractivity contribution < 1.29 is 19.5 Å².